The van der Waals surface area contributed by atoms with Gasteiger partial charge in [0.15, 0.2) is 0 Å². The number of amides is 2. The minimum Gasteiger partial charge on any atom is -0.352 e. The number of unbranched alkanes of at least 4 members (excludes halogenated alkanes) is 2. The first-order chi connectivity index (χ1) is 9.69. The first-order valence-electron chi connectivity index (χ1n) is 7.98. The number of hydrogen-bond donors (Lipinski definition) is 1. The van der Waals surface area contributed by atoms with Gasteiger partial charge in [-0.1, -0.05) is 19.8 Å². The largest absolute Gasteiger partial charge is 0.352 e. The summed E-state index contributed by atoms with van der Waals surface area (Å²) in [6.07, 6.45) is 6.22. The molecule has 0 atom stereocenters. The summed E-state index contributed by atoms with van der Waals surface area (Å²) in [6, 6.07) is 0.434. The van der Waals surface area contributed by atoms with E-state index in [0.29, 0.717) is 19.0 Å². The molecule has 2 rings (SSSR count). The van der Waals surface area contributed by atoms with Crippen molar-refractivity contribution in [3.8, 4) is 0 Å². The van der Waals surface area contributed by atoms with Crippen LogP contribution in [0.1, 0.15) is 45.4 Å². The van der Waals surface area contributed by atoms with Crippen molar-refractivity contribution >= 4 is 11.8 Å². The van der Waals surface area contributed by atoms with Crippen LogP contribution in [0, 0.1) is 0 Å². The maximum Gasteiger partial charge on any atom is 0.234 e. The van der Waals surface area contributed by atoms with Gasteiger partial charge in [0.05, 0.1) is 6.54 Å². The number of rotatable bonds is 7. The summed E-state index contributed by atoms with van der Waals surface area (Å²) in [4.78, 5) is 27.8. The average Bonchev–Trinajstić information content (AvgIpc) is 3.23. The maximum atomic E-state index is 12.0. The van der Waals surface area contributed by atoms with Crippen LogP contribution in [0.4, 0.5) is 0 Å². The fraction of sp³-hybridized carbons (Fsp3) is 0.867. The lowest BCUT2D eigenvalue weighted by molar-refractivity contribution is -0.133. The summed E-state index contributed by atoms with van der Waals surface area (Å²) in [7, 11) is 0. The van der Waals surface area contributed by atoms with Crippen molar-refractivity contribution in [2.75, 3.05) is 32.7 Å². The van der Waals surface area contributed by atoms with E-state index in [2.05, 4.69) is 17.1 Å². The molecule has 1 saturated heterocycles. The number of carbonyl (C=O) groups is 2. The molecule has 5 nitrogen and oxygen atoms in total. The second kappa shape index (κ2) is 7.62. The van der Waals surface area contributed by atoms with E-state index in [4.69, 9.17) is 0 Å². The predicted octanol–water partition coefficient (Wildman–Crippen LogP) is 0.990. The highest BCUT2D eigenvalue weighted by Gasteiger charge is 2.26. The molecule has 0 unspecified atom stereocenters. The molecule has 0 bridgehead atoms. The van der Waals surface area contributed by atoms with Crippen LogP contribution >= 0.6 is 0 Å². The van der Waals surface area contributed by atoms with E-state index in [-0.39, 0.29) is 11.8 Å². The Labute approximate surface area is 121 Å². The number of carbonyl (C=O) groups excluding carboxylic acids is 2. The molecule has 1 saturated carbocycles. The van der Waals surface area contributed by atoms with E-state index in [1.54, 1.807) is 0 Å². The lowest BCUT2D eigenvalue weighted by Crippen LogP contribution is -2.51. The molecule has 1 aliphatic heterocycles. The van der Waals surface area contributed by atoms with Gasteiger partial charge in [-0.15, -0.1) is 0 Å². The molecule has 1 heterocycles. The highest BCUT2D eigenvalue weighted by molar-refractivity contribution is 5.79. The molecule has 5 heteroatoms. The average molecular weight is 281 g/mol. The van der Waals surface area contributed by atoms with E-state index in [1.807, 2.05) is 4.90 Å². The van der Waals surface area contributed by atoms with Crippen molar-refractivity contribution < 1.29 is 9.59 Å². The van der Waals surface area contributed by atoms with Gasteiger partial charge in [-0.25, -0.2) is 0 Å². The van der Waals surface area contributed by atoms with Gasteiger partial charge >= 0.3 is 0 Å². The summed E-state index contributed by atoms with van der Waals surface area (Å²) < 4.78 is 0. The standard InChI is InChI=1S/C15H27N3O2/c1-2-3-4-5-15(20)18-10-8-17(9-11-18)12-14(19)16-13-6-7-13/h13H,2-12H2,1H3,(H,16,19). The maximum absolute atomic E-state index is 12.0. The monoisotopic (exact) mass is 281 g/mol. The molecule has 0 aromatic heterocycles. The molecule has 2 amide bonds. The molecule has 0 spiro atoms. The molecule has 0 aromatic carbocycles. The minimum atomic E-state index is 0.134. The van der Waals surface area contributed by atoms with Crippen LogP contribution in [0.15, 0.2) is 0 Å². The Kier molecular flexibility index (Phi) is 5.83. The Balaban J connectivity index is 1.61. The van der Waals surface area contributed by atoms with Crippen molar-refractivity contribution in [3.63, 3.8) is 0 Å². The fourth-order valence-corrected chi connectivity index (χ4v) is 2.54. The zero-order chi connectivity index (χ0) is 14.4. The molecule has 2 fully saturated rings. The molecule has 0 radical (unpaired) electrons. The van der Waals surface area contributed by atoms with Crippen LogP contribution in [0.3, 0.4) is 0 Å². The number of nitrogens with one attached hydrogen (secondary N) is 1. The molecular formula is C15H27N3O2. The molecular weight excluding hydrogens is 254 g/mol. The van der Waals surface area contributed by atoms with Crippen LogP contribution in [-0.4, -0.2) is 60.4 Å². The molecule has 1 aliphatic carbocycles. The summed E-state index contributed by atoms with van der Waals surface area (Å²) in [5.41, 5.74) is 0. The highest BCUT2D eigenvalue weighted by atomic mass is 16.2. The van der Waals surface area contributed by atoms with Gasteiger partial charge in [0.1, 0.15) is 0 Å². The van der Waals surface area contributed by atoms with E-state index in [9.17, 15) is 9.59 Å². The predicted molar refractivity (Wildman–Crippen MR) is 78.3 cm³/mol. The zero-order valence-electron chi connectivity index (χ0n) is 12.6. The number of nitrogens with zero attached hydrogens (tertiary/aromatic N) is 2. The molecule has 20 heavy (non-hydrogen) atoms. The van der Waals surface area contributed by atoms with Gasteiger partial charge in [-0.05, 0) is 19.3 Å². The van der Waals surface area contributed by atoms with Crippen LogP contribution in [0.2, 0.25) is 0 Å². The van der Waals surface area contributed by atoms with Gasteiger partial charge < -0.3 is 10.2 Å². The number of piperazine rings is 1. The Morgan fingerprint density at radius 2 is 1.80 bits per heavy atom. The lowest BCUT2D eigenvalue weighted by atomic mass is 10.2. The van der Waals surface area contributed by atoms with Crippen LogP contribution in [0.25, 0.3) is 0 Å². The van der Waals surface area contributed by atoms with Gasteiger partial charge in [-0.2, -0.15) is 0 Å². The Morgan fingerprint density at radius 3 is 2.40 bits per heavy atom. The van der Waals surface area contributed by atoms with Crippen LogP contribution in [-0.2, 0) is 9.59 Å². The first kappa shape index (κ1) is 15.3. The SMILES string of the molecule is CCCCCC(=O)N1CCN(CC(=O)NC2CC2)CC1. The van der Waals surface area contributed by atoms with Crippen LogP contribution < -0.4 is 5.32 Å². The molecule has 114 valence electrons. The molecule has 2 aliphatic rings. The molecule has 1 N–H and O–H groups in total. The summed E-state index contributed by atoms with van der Waals surface area (Å²) in [5, 5.41) is 3.01. The van der Waals surface area contributed by atoms with Crippen molar-refractivity contribution in [1.82, 2.24) is 15.1 Å². The van der Waals surface area contributed by atoms with E-state index >= 15 is 0 Å². The smallest absolute Gasteiger partial charge is 0.234 e. The minimum absolute atomic E-state index is 0.134. The summed E-state index contributed by atoms with van der Waals surface area (Å²) >= 11 is 0. The van der Waals surface area contributed by atoms with Gasteiger partial charge in [-0.3, -0.25) is 14.5 Å². The van der Waals surface area contributed by atoms with Gasteiger partial charge in [0, 0.05) is 38.6 Å². The van der Waals surface area contributed by atoms with Crippen molar-refractivity contribution in [1.29, 1.82) is 0 Å². The van der Waals surface area contributed by atoms with E-state index in [1.165, 1.54) is 0 Å². The third kappa shape index (κ3) is 5.12. The van der Waals surface area contributed by atoms with Gasteiger partial charge in [0.25, 0.3) is 0 Å². The summed E-state index contributed by atoms with van der Waals surface area (Å²) in [6.45, 7) is 5.79. The Hall–Kier alpha value is -1.10. The second-order valence-corrected chi connectivity index (χ2v) is 5.96. The molecule has 0 aromatic rings. The van der Waals surface area contributed by atoms with E-state index in [0.717, 1.165) is 58.3 Å². The normalized spacial score (nSPS) is 19.9. The third-order valence-corrected chi connectivity index (χ3v) is 4.03. The topological polar surface area (TPSA) is 52.7 Å². The van der Waals surface area contributed by atoms with Crippen molar-refractivity contribution in [2.24, 2.45) is 0 Å². The highest BCUT2D eigenvalue weighted by Crippen LogP contribution is 2.18. The lowest BCUT2D eigenvalue weighted by Gasteiger charge is -2.34. The Bertz CT molecular complexity index is 334. The fourth-order valence-electron chi connectivity index (χ4n) is 2.54. The van der Waals surface area contributed by atoms with Crippen molar-refractivity contribution in [2.45, 2.75) is 51.5 Å². The first-order valence-corrected chi connectivity index (χ1v) is 7.98. The third-order valence-electron chi connectivity index (χ3n) is 4.03. The van der Waals surface area contributed by atoms with Gasteiger partial charge in [0.2, 0.25) is 11.8 Å². The zero-order valence-corrected chi connectivity index (χ0v) is 12.6. The second-order valence-electron chi connectivity index (χ2n) is 5.96. The van der Waals surface area contributed by atoms with Crippen molar-refractivity contribution in [3.05, 3.63) is 0 Å². The Morgan fingerprint density at radius 1 is 1.10 bits per heavy atom. The summed E-state index contributed by atoms with van der Waals surface area (Å²) in [5.74, 6) is 0.413. The quantitative estimate of drug-likeness (QED) is 0.708. The number of hydrogen-bond acceptors (Lipinski definition) is 3. The van der Waals surface area contributed by atoms with Crippen LogP contribution in [0.5, 0.6) is 0 Å². The van der Waals surface area contributed by atoms with E-state index < -0.39 is 0 Å².